The second-order valence-electron chi connectivity index (χ2n) is 6.16. The SMILES string of the molecule is CC(C)C(CCC(=O)O)C(=O)N1c2ccccc2C[C@@H]1OC(=O)O. The molecule has 2 atom stereocenters. The van der Waals surface area contributed by atoms with Gasteiger partial charge in [-0.3, -0.25) is 14.5 Å². The Kier molecular flexibility index (Phi) is 5.43. The van der Waals surface area contributed by atoms with E-state index in [1.54, 1.807) is 12.1 Å². The summed E-state index contributed by atoms with van der Waals surface area (Å²) < 4.78 is 4.89. The van der Waals surface area contributed by atoms with Crippen LogP contribution in [0.25, 0.3) is 0 Å². The third kappa shape index (κ3) is 3.84. The number of aliphatic carboxylic acids is 1. The zero-order valence-corrected chi connectivity index (χ0v) is 13.6. The summed E-state index contributed by atoms with van der Waals surface area (Å²) in [5, 5.41) is 17.8. The number of ether oxygens (including phenoxy) is 1. The number of hydrogen-bond donors (Lipinski definition) is 2. The van der Waals surface area contributed by atoms with Crippen LogP contribution in [0.2, 0.25) is 0 Å². The summed E-state index contributed by atoms with van der Waals surface area (Å²) in [7, 11) is 0. The summed E-state index contributed by atoms with van der Waals surface area (Å²) in [6.07, 6.45) is -1.99. The fraction of sp³-hybridized carbons (Fsp3) is 0.471. The van der Waals surface area contributed by atoms with Crippen molar-refractivity contribution in [1.82, 2.24) is 0 Å². The minimum absolute atomic E-state index is 0.0740. The number of carboxylic acid groups (broad SMARTS) is 2. The summed E-state index contributed by atoms with van der Waals surface area (Å²) in [5.41, 5.74) is 1.45. The summed E-state index contributed by atoms with van der Waals surface area (Å²) >= 11 is 0. The van der Waals surface area contributed by atoms with Crippen molar-refractivity contribution in [1.29, 1.82) is 0 Å². The molecule has 0 aliphatic carbocycles. The molecule has 24 heavy (non-hydrogen) atoms. The molecular weight excluding hydrogens is 314 g/mol. The minimum Gasteiger partial charge on any atom is -0.481 e. The van der Waals surface area contributed by atoms with Crippen LogP contribution in [0.5, 0.6) is 0 Å². The molecule has 0 fully saturated rings. The van der Waals surface area contributed by atoms with Gasteiger partial charge >= 0.3 is 12.1 Å². The number of hydrogen-bond acceptors (Lipinski definition) is 4. The number of rotatable bonds is 6. The third-order valence-electron chi connectivity index (χ3n) is 4.20. The van der Waals surface area contributed by atoms with Gasteiger partial charge in [0.05, 0.1) is 5.69 Å². The Morgan fingerprint density at radius 1 is 1.25 bits per heavy atom. The second-order valence-corrected chi connectivity index (χ2v) is 6.16. The molecule has 1 aromatic carbocycles. The van der Waals surface area contributed by atoms with E-state index in [0.717, 1.165) is 5.56 Å². The maximum atomic E-state index is 13.0. The van der Waals surface area contributed by atoms with Crippen LogP contribution in [0.3, 0.4) is 0 Å². The number of fused-ring (bicyclic) bond motifs is 1. The predicted octanol–water partition coefficient (Wildman–Crippen LogP) is 2.73. The number of carbonyl (C=O) groups excluding carboxylic acids is 1. The molecule has 2 rings (SSSR count). The van der Waals surface area contributed by atoms with Crippen LogP contribution in [-0.4, -0.2) is 34.5 Å². The van der Waals surface area contributed by atoms with Crippen molar-refractivity contribution in [2.24, 2.45) is 11.8 Å². The van der Waals surface area contributed by atoms with E-state index in [1.165, 1.54) is 4.90 Å². The van der Waals surface area contributed by atoms with Crippen molar-refractivity contribution in [3.05, 3.63) is 29.8 Å². The van der Waals surface area contributed by atoms with E-state index in [9.17, 15) is 14.4 Å². The van der Waals surface area contributed by atoms with Gasteiger partial charge < -0.3 is 14.9 Å². The van der Waals surface area contributed by atoms with E-state index in [4.69, 9.17) is 14.9 Å². The van der Waals surface area contributed by atoms with Crippen molar-refractivity contribution in [2.75, 3.05) is 4.90 Å². The standard InChI is InChI=1S/C17H21NO6/c1-10(2)12(7-8-15(19)20)16(21)18-13-6-4-3-5-11(13)9-14(18)24-17(22)23/h3-6,10,12,14H,7-9H2,1-2H3,(H,19,20)(H,22,23)/t12?,14-/m0/s1. The first-order valence-electron chi connectivity index (χ1n) is 7.83. The lowest BCUT2D eigenvalue weighted by Gasteiger charge is -2.30. The van der Waals surface area contributed by atoms with Gasteiger partial charge in [-0.2, -0.15) is 0 Å². The van der Waals surface area contributed by atoms with Crippen molar-refractivity contribution in [2.45, 2.75) is 39.3 Å². The largest absolute Gasteiger partial charge is 0.507 e. The highest BCUT2D eigenvalue weighted by Gasteiger charge is 2.39. The highest BCUT2D eigenvalue weighted by molar-refractivity contribution is 5.98. The molecular formula is C17H21NO6. The van der Waals surface area contributed by atoms with Gasteiger partial charge in [-0.05, 0) is 24.0 Å². The quantitative estimate of drug-likeness (QED) is 0.775. The third-order valence-corrected chi connectivity index (χ3v) is 4.20. The Morgan fingerprint density at radius 3 is 2.50 bits per heavy atom. The molecule has 7 nitrogen and oxygen atoms in total. The first-order valence-corrected chi connectivity index (χ1v) is 7.83. The normalized spacial score (nSPS) is 17.5. The number of para-hydroxylation sites is 1. The van der Waals surface area contributed by atoms with Crippen molar-refractivity contribution in [3.8, 4) is 0 Å². The second kappa shape index (κ2) is 7.33. The van der Waals surface area contributed by atoms with Gasteiger partial charge in [-0.25, -0.2) is 4.79 Å². The van der Waals surface area contributed by atoms with Crippen LogP contribution >= 0.6 is 0 Å². The monoisotopic (exact) mass is 335 g/mol. The predicted molar refractivity (Wildman–Crippen MR) is 85.7 cm³/mol. The molecule has 1 aromatic rings. The van der Waals surface area contributed by atoms with Gasteiger partial charge in [0, 0.05) is 18.8 Å². The zero-order chi connectivity index (χ0) is 17.9. The molecule has 7 heteroatoms. The Hall–Kier alpha value is -2.57. The first-order chi connectivity index (χ1) is 11.3. The van der Waals surface area contributed by atoms with Crippen molar-refractivity contribution in [3.63, 3.8) is 0 Å². The Balaban J connectivity index is 2.30. The fourth-order valence-electron chi connectivity index (χ4n) is 3.02. The Labute approximate surface area is 139 Å². The molecule has 2 N–H and O–H groups in total. The van der Waals surface area contributed by atoms with Gasteiger partial charge in [0.15, 0.2) is 6.23 Å². The minimum atomic E-state index is -1.45. The van der Waals surface area contributed by atoms with Crippen LogP contribution in [0, 0.1) is 11.8 Å². The molecule has 0 spiro atoms. The lowest BCUT2D eigenvalue weighted by atomic mass is 9.89. The van der Waals surface area contributed by atoms with Crippen molar-refractivity contribution >= 4 is 23.7 Å². The van der Waals surface area contributed by atoms with Gasteiger partial charge in [0.1, 0.15) is 0 Å². The van der Waals surface area contributed by atoms with Gasteiger partial charge in [-0.15, -0.1) is 0 Å². The van der Waals surface area contributed by atoms with E-state index in [2.05, 4.69) is 0 Å². The topological polar surface area (TPSA) is 104 Å². The van der Waals surface area contributed by atoms with Crippen LogP contribution < -0.4 is 4.90 Å². The highest BCUT2D eigenvalue weighted by Crippen LogP contribution is 2.35. The molecule has 0 bridgehead atoms. The first kappa shape index (κ1) is 17.8. The summed E-state index contributed by atoms with van der Waals surface area (Å²) in [6.45, 7) is 3.69. The smallest absolute Gasteiger partial charge is 0.481 e. The molecule has 1 unspecified atom stereocenters. The number of benzene rings is 1. The molecule has 0 saturated heterocycles. The average Bonchev–Trinajstić information content (AvgIpc) is 2.83. The average molecular weight is 335 g/mol. The van der Waals surface area contributed by atoms with Gasteiger partial charge in [0.2, 0.25) is 5.91 Å². The molecule has 0 saturated carbocycles. The van der Waals surface area contributed by atoms with E-state index >= 15 is 0 Å². The lowest BCUT2D eigenvalue weighted by molar-refractivity contribution is -0.137. The molecule has 1 aliphatic rings. The Morgan fingerprint density at radius 2 is 1.92 bits per heavy atom. The number of nitrogens with zero attached hydrogens (tertiary/aromatic N) is 1. The molecule has 0 radical (unpaired) electrons. The number of carboxylic acids is 1. The van der Waals surface area contributed by atoms with Crippen LogP contribution in [0.4, 0.5) is 10.5 Å². The molecule has 0 aromatic heterocycles. The summed E-state index contributed by atoms with van der Waals surface area (Å²) in [4.78, 5) is 36.2. The molecule has 130 valence electrons. The fourth-order valence-corrected chi connectivity index (χ4v) is 3.02. The van der Waals surface area contributed by atoms with Crippen LogP contribution in [-0.2, 0) is 20.7 Å². The molecule has 1 aliphatic heterocycles. The van der Waals surface area contributed by atoms with Gasteiger partial charge in [-0.1, -0.05) is 32.0 Å². The lowest BCUT2D eigenvalue weighted by Crippen LogP contribution is -2.45. The van der Waals surface area contributed by atoms with Crippen LogP contribution in [0.15, 0.2) is 24.3 Å². The molecule has 1 amide bonds. The van der Waals surface area contributed by atoms with E-state index in [0.29, 0.717) is 5.69 Å². The maximum Gasteiger partial charge on any atom is 0.507 e. The molecule has 1 heterocycles. The number of anilines is 1. The zero-order valence-electron chi connectivity index (χ0n) is 13.6. The van der Waals surface area contributed by atoms with E-state index < -0.39 is 24.3 Å². The van der Waals surface area contributed by atoms with Gasteiger partial charge in [0.25, 0.3) is 0 Å². The van der Waals surface area contributed by atoms with E-state index in [1.807, 2.05) is 26.0 Å². The number of carbonyl (C=O) groups is 3. The Bertz CT molecular complexity index is 642. The maximum absolute atomic E-state index is 13.0. The van der Waals surface area contributed by atoms with E-state index in [-0.39, 0.29) is 31.1 Å². The summed E-state index contributed by atoms with van der Waals surface area (Å²) in [5.74, 6) is -1.86. The summed E-state index contributed by atoms with van der Waals surface area (Å²) in [6, 6.07) is 7.15. The highest BCUT2D eigenvalue weighted by atomic mass is 16.7. The van der Waals surface area contributed by atoms with Crippen LogP contribution in [0.1, 0.15) is 32.3 Å². The van der Waals surface area contributed by atoms with Crippen molar-refractivity contribution < 1.29 is 29.3 Å². The number of amides is 1.